The maximum absolute atomic E-state index is 12.3. The van der Waals surface area contributed by atoms with Gasteiger partial charge in [0.1, 0.15) is 5.82 Å². The van der Waals surface area contributed by atoms with Gasteiger partial charge in [-0.05, 0) is 12.8 Å². The van der Waals surface area contributed by atoms with Gasteiger partial charge in [0, 0.05) is 12.5 Å². The molecule has 1 aliphatic carbocycles. The van der Waals surface area contributed by atoms with Crippen molar-refractivity contribution in [2.45, 2.75) is 25.2 Å². The molecule has 0 unspecified atom stereocenters. The lowest BCUT2D eigenvalue weighted by atomic mass is 10.4. The van der Waals surface area contributed by atoms with Crippen LogP contribution < -0.4 is 0 Å². The van der Waals surface area contributed by atoms with Gasteiger partial charge in [-0.3, -0.25) is 9.89 Å². The zero-order valence-electron chi connectivity index (χ0n) is 9.64. The Bertz CT molecular complexity index is 420. The summed E-state index contributed by atoms with van der Waals surface area (Å²) in [7, 11) is 0. The number of aromatic nitrogens is 3. The van der Waals surface area contributed by atoms with Gasteiger partial charge in [0.2, 0.25) is 5.82 Å². The predicted octanol–water partition coefficient (Wildman–Crippen LogP) is 0.382. The molecule has 0 saturated heterocycles. The van der Waals surface area contributed by atoms with E-state index in [1.54, 1.807) is 0 Å². The SMILES string of the molecule is O=C(c1n[nH]c(C2CC2)n1)N(CCO)CC(F)F. The second kappa shape index (κ2) is 5.38. The summed E-state index contributed by atoms with van der Waals surface area (Å²) in [6, 6.07) is 0. The second-order valence-electron chi connectivity index (χ2n) is 4.18. The minimum absolute atomic E-state index is 0.119. The average molecular weight is 260 g/mol. The van der Waals surface area contributed by atoms with Gasteiger partial charge >= 0.3 is 0 Å². The topological polar surface area (TPSA) is 82.1 Å². The molecule has 2 rings (SSSR count). The lowest BCUT2D eigenvalue weighted by Gasteiger charge is -2.19. The first-order valence-electron chi connectivity index (χ1n) is 5.72. The predicted molar refractivity (Wildman–Crippen MR) is 57.4 cm³/mol. The number of hydrogen-bond donors (Lipinski definition) is 2. The normalized spacial score (nSPS) is 15.1. The number of hydrogen-bond acceptors (Lipinski definition) is 4. The van der Waals surface area contributed by atoms with Crippen molar-refractivity contribution < 1.29 is 18.7 Å². The zero-order chi connectivity index (χ0) is 13.1. The number of aliphatic hydroxyl groups excluding tert-OH is 1. The van der Waals surface area contributed by atoms with Gasteiger partial charge in [-0.2, -0.15) is 0 Å². The molecule has 1 aromatic rings. The molecule has 100 valence electrons. The molecule has 2 N–H and O–H groups in total. The number of aromatic amines is 1. The van der Waals surface area contributed by atoms with E-state index in [-0.39, 0.29) is 19.0 Å². The van der Waals surface area contributed by atoms with Crippen LogP contribution in [-0.2, 0) is 0 Å². The fraction of sp³-hybridized carbons (Fsp3) is 0.700. The Hall–Kier alpha value is -1.57. The fourth-order valence-electron chi connectivity index (χ4n) is 1.61. The molecule has 8 heteroatoms. The van der Waals surface area contributed by atoms with Crippen molar-refractivity contribution in [3.63, 3.8) is 0 Å². The van der Waals surface area contributed by atoms with E-state index in [9.17, 15) is 13.6 Å². The van der Waals surface area contributed by atoms with Gasteiger partial charge in [0.15, 0.2) is 0 Å². The van der Waals surface area contributed by atoms with E-state index in [1.807, 2.05) is 0 Å². The Morgan fingerprint density at radius 3 is 2.83 bits per heavy atom. The van der Waals surface area contributed by atoms with Crippen LogP contribution in [0.5, 0.6) is 0 Å². The van der Waals surface area contributed by atoms with Crippen molar-refractivity contribution in [1.82, 2.24) is 20.1 Å². The van der Waals surface area contributed by atoms with E-state index in [4.69, 9.17) is 5.11 Å². The number of carbonyl (C=O) groups is 1. The molecule has 6 nitrogen and oxygen atoms in total. The third kappa shape index (κ3) is 3.00. The van der Waals surface area contributed by atoms with Crippen molar-refractivity contribution in [3.05, 3.63) is 11.6 Å². The minimum atomic E-state index is -2.65. The standard InChI is InChI=1S/C10H14F2N4O2/c11-7(12)5-16(3-4-17)10(18)9-13-8(14-15-9)6-1-2-6/h6-7,17H,1-5H2,(H,13,14,15). The van der Waals surface area contributed by atoms with Crippen LogP contribution in [0.15, 0.2) is 0 Å². The molecule has 1 aliphatic rings. The number of amides is 1. The highest BCUT2D eigenvalue weighted by Crippen LogP contribution is 2.37. The first-order chi connectivity index (χ1) is 8.61. The van der Waals surface area contributed by atoms with Crippen molar-refractivity contribution in [1.29, 1.82) is 0 Å². The molecule has 0 aliphatic heterocycles. The van der Waals surface area contributed by atoms with Crippen molar-refractivity contribution in [3.8, 4) is 0 Å². The molecular weight excluding hydrogens is 246 g/mol. The monoisotopic (exact) mass is 260 g/mol. The van der Waals surface area contributed by atoms with Crippen molar-refractivity contribution >= 4 is 5.91 Å². The van der Waals surface area contributed by atoms with Gasteiger partial charge in [-0.25, -0.2) is 13.8 Å². The van der Waals surface area contributed by atoms with Crippen molar-refractivity contribution in [2.75, 3.05) is 19.7 Å². The van der Waals surface area contributed by atoms with Crippen LogP contribution in [0, 0.1) is 0 Å². The molecular formula is C10H14F2N4O2. The molecule has 1 fully saturated rings. The first kappa shape index (κ1) is 12.9. The lowest BCUT2D eigenvalue weighted by Crippen LogP contribution is -2.37. The third-order valence-corrected chi connectivity index (χ3v) is 2.67. The van der Waals surface area contributed by atoms with Gasteiger partial charge in [0.25, 0.3) is 12.3 Å². The van der Waals surface area contributed by atoms with Gasteiger partial charge in [0.05, 0.1) is 13.2 Å². The molecule has 1 aromatic heterocycles. The number of nitrogens with zero attached hydrogens (tertiary/aromatic N) is 3. The van der Waals surface area contributed by atoms with E-state index in [1.165, 1.54) is 0 Å². The summed E-state index contributed by atoms with van der Waals surface area (Å²) < 4.78 is 24.6. The zero-order valence-corrected chi connectivity index (χ0v) is 9.64. The van der Waals surface area contributed by atoms with E-state index in [2.05, 4.69) is 15.2 Å². The number of alkyl halides is 2. The fourth-order valence-corrected chi connectivity index (χ4v) is 1.61. The molecule has 0 atom stereocenters. The molecule has 0 radical (unpaired) electrons. The highest BCUT2D eigenvalue weighted by atomic mass is 19.3. The van der Waals surface area contributed by atoms with Crippen LogP contribution in [-0.4, -0.2) is 57.2 Å². The van der Waals surface area contributed by atoms with E-state index in [0.29, 0.717) is 11.7 Å². The van der Waals surface area contributed by atoms with Gasteiger partial charge < -0.3 is 10.0 Å². The summed E-state index contributed by atoms with van der Waals surface area (Å²) in [6.07, 6.45) is -0.650. The molecule has 0 bridgehead atoms. The van der Waals surface area contributed by atoms with Crippen LogP contribution in [0.4, 0.5) is 8.78 Å². The molecule has 0 aromatic carbocycles. The van der Waals surface area contributed by atoms with Crippen LogP contribution >= 0.6 is 0 Å². The summed E-state index contributed by atoms with van der Waals surface area (Å²) in [4.78, 5) is 16.7. The average Bonchev–Trinajstić information content (AvgIpc) is 3.05. The Balaban J connectivity index is 2.05. The number of rotatable bonds is 6. The second-order valence-corrected chi connectivity index (χ2v) is 4.18. The number of halogens is 2. The van der Waals surface area contributed by atoms with Crippen molar-refractivity contribution in [2.24, 2.45) is 0 Å². The van der Waals surface area contributed by atoms with Gasteiger partial charge in [-0.1, -0.05) is 0 Å². The van der Waals surface area contributed by atoms with Crippen LogP contribution in [0.2, 0.25) is 0 Å². The summed E-state index contributed by atoms with van der Waals surface area (Å²) in [6.45, 7) is -1.26. The van der Waals surface area contributed by atoms with Crippen LogP contribution in [0.25, 0.3) is 0 Å². The number of aliphatic hydroxyl groups is 1. The maximum atomic E-state index is 12.3. The number of carbonyl (C=O) groups excluding carboxylic acids is 1. The summed E-state index contributed by atoms with van der Waals surface area (Å²) in [5.74, 6) is 0.123. The summed E-state index contributed by atoms with van der Waals surface area (Å²) in [5.41, 5.74) is 0. The van der Waals surface area contributed by atoms with E-state index in [0.717, 1.165) is 17.7 Å². The lowest BCUT2D eigenvalue weighted by molar-refractivity contribution is 0.0499. The Morgan fingerprint density at radius 2 is 2.28 bits per heavy atom. The van der Waals surface area contributed by atoms with Gasteiger partial charge in [-0.15, -0.1) is 5.10 Å². The Labute approximate surface area is 102 Å². The molecule has 18 heavy (non-hydrogen) atoms. The Kier molecular flexibility index (Phi) is 3.85. The molecule has 0 spiro atoms. The number of H-pyrrole nitrogens is 1. The minimum Gasteiger partial charge on any atom is -0.395 e. The van der Waals surface area contributed by atoms with Crippen LogP contribution in [0.3, 0.4) is 0 Å². The largest absolute Gasteiger partial charge is 0.395 e. The smallest absolute Gasteiger partial charge is 0.293 e. The third-order valence-electron chi connectivity index (χ3n) is 2.67. The Morgan fingerprint density at radius 1 is 1.56 bits per heavy atom. The molecule has 1 heterocycles. The van der Waals surface area contributed by atoms with E-state index >= 15 is 0 Å². The maximum Gasteiger partial charge on any atom is 0.293 e. The highest BCUT2D eigenvalue weighted by molar-refractivity contribution is 5.90. The summed E-state index contributed by atoms with van der Waals surface area (Å²) in [5, 5.41) is 15.1. The quantitative estimate of drug-likeness (QED) is 0.774. The summed E-state index contributed by atoms with van der Waals surface area (Å²) >= 11 is 0. The molecule has 1 amide bonds. The van der Waals surface area contributed by atoms with Crippen LogP contribution in [0.1, 0.15) is 35.2 Å². The van der Waals surface area contributed by atoms with E-state index < -0.39 is 18.9 Å². The first-order valence-corrected chi connectivity index (χ1v) is 5.72. The highest BCUT2D eigenvalue weighted by Gasteiger charge is 2.29. The number of nitrogens with one attached hydrogen (secondary N) is 1. The molecule has 1 saturated carbocycles.